The maximum absolute atomic E-state index is 13.3. The van der Waals surface area contributed by atoms with Crippen molar-refractivity contribution in [3.05, 3.63) is 70.0 Å². The van der Waals surface area contributed by atoms with Gasteiger partial charge in [0.25, 0.3) is 0 Å². The van der Waals surface area contributed by atoms with Gasteiger partial charge in [0, 0.05) is 17.1 Å². The zero-order valence-corrected chi connectivity index (χ0v) is 18.7. The van der Waals surface area contributed by atoms with Crippen LogP contribution in [0.2, 0.25) is 5.02 Å². The van der Waals surface area contributed by atoms with E-state index in [9.17, 15) is 4.79 Å². The third kappa shape index (κ3) is 4.18. The molecule has 3 aromatic rings. The molecule has 1 aliphatic rings. The number of benzene rings is 2. The fourth-order valence-electron chi connectivity index (χ4n) is 3.44. The molecule has 156 valence electrons. The van der Waals surface area contributed by atoms with Crippen LogP contribution in [0.1, 0.15) is 41.9 Å². The number of rotatable bonds is 5. The predicted molar refractivity (Wildman–Crippen MR) is 122 cm³/mol. The number of nitrogens with zero attached hydrogens (tertiary/aromatic N) is 3. The lowest BCUT2D eigenvalue weighted by Crippen LogP contribution is -2.41. The minimum atomic E-state index is -0.418. The van der Waals surface area contributed by atoms with Gasteiger partial charge in [0.15, 0.2) is 5.82 Å². The smallest absolute Gasteiger partial charge is 0.240 e. The van der Waals surface area contributed by atoms with Gasteiger partial charge in [-0.3, -0.25) is 4.79 Å². The topological polar surface area (TPSA) is 71.8 Å². The molecule has 1 amide bonds. The summed E-state index contributed by atoms with van der Waals surface area (Å²) in [4.78, 5) is 13.3. The normalized spacial score (nSPS) is 17.9. The van der Waals surface area contributed by atoms with Gasteiger partial charge in [-0.1, -0.05) is 48.5 Å². The summed E-state index contributed by atoms with van der Waals surface area (Å²) >= 11 is 7.51. The molecule has 4 rings (SSSR count). The first-order valence-corrected chi connectivity index (χ1v) is 11.2. The summed E-state index contributed by atoms with van der Waals surface area (Å²) in [6.45, 7) is 6.20. The molecule has 2 heterocycles. The van der Waals surface area contributed by atoms with Gasteiger partial charge < -0.3 is 10.7 Å². The first kappa shape index (κ1) is 20.8. The molecule has 0 saturated heterocycles. The number of thioether (sulfide) groups is 1. The van der Waals surface area contributed by atoms with Crippen LogP contribution in [-0.2, 0) is 11.2 Å². The lowest BCUT2D eigenvalue weighted by molar-refractivity contribution is -0.116. The molecule has 0 saturated carbocycles. The molecule has 6 nitrogen and oxygen atoms in total. The number of carbonyl (C=O) groups excluding carboxylic acids is 1. The summed E-state index contributed by atoms with van der Waals surface area (Å²) in [6.07, 6.45) is 1.78. The van der Waals surface area contributed by atoms with E-state index in [-0.39, 0.29) is 11.9 Å². The fourth-order valence-corrected chi connectivity index (χ4v) is 4.66. The van der Waals surface area contributed by atoms with E-state index in [1.807, 2.05) is 54.1 Å². The van der Waals surface area contributed by atoms with Crippen molar-refractivity contribution in [2.75, 3.05) is 10.7 Å². The average molecular weight is 442 g/mol. The Labute approximate surface area is 185 Å². The van der Waals surface area contributed by atoms with E-state index < -0.39 is 5.25 Å². The highest BCUT2D eigenvalue weighted by atomic mass is 35.5. The molecule has 0 spiro atoms. The Bertz CT molecular complexity index is 1070. The van der Waals surface area contributed by atoms with Crippen LogP contribution < -0.4 is 10.7 Å². The Morgan fingerprint density at radius 1 is 1.17 bits per heavy atom. The Morgan fingerprint density at radius 2 is 1.93 bits per heavy atom. The van der Waals surface area contributed by atoms with Crippen LogP contribution in [0.3, 0.4) is 0 Å². The van der Waals surface area contributed by atoms with Crippen molar-refractivity contribution in [3.8, 4) is 0 Å². The van der Waals surface area contributed by atoms with E-state index in [1.54, 1.807) is 0 Å². The molecule has 2 N–H and O–H groups in total. The molecule has 0 fully saturated rings. The van der Waals surface area contributed by atoms with E-state index in [4.69, 9.17) is 11.6 Å². The van der Waals surface area contributed by atoms with Crippen LogP contribution in [0.25, 0.3) is 0 Å². The predicted octanol–water partition coefficient (Wildman–Crippen LogP) is 4.90. The largest absolute Gasteiger partial charge is 0.325 e. The van der Waals surface area contributed by atoms with Gasteiger partial charge >= 0.3 is 0 Å². The Kier molecular flexibility index (Phi) is 6.01. The molecule has 2 aromatic carbocycles. The third-order valence-corrected chi connectivity index (χ3v) is 6.71. The van der Waals surface area contributed by atoms with E-state index in [0.29, 0.717) is 10.2 Å². The average Bonchev–Trinajstić information content (AvgIpc) is 3.12. The highest BCUT2D eigenvalue weighted by Gasteiger charge is 2.37. The summed E-state index contributed by atoms with van der Waals surface area (Å²) < 4.78 is 1.91. The Morgan fingerprint density at radius 3 is 2.63 bits per heavy atom. The van der Waals surface area contributed by atoms with Gasteiger partial charge in [-0.05, 0) is 61.2 Å². The minimum absolute atomic E-state index is 0.0815. The number of carbonyl (C=O) groups is 1. The quantitative estimate of drug-likeness (QED) is 0.589. The fraction of sp³-hybridized carbons (Fsp3) is 0.318. The van der Waals surface area contributed by atoms with Gasteiger partial charge in [0.2, 0.25) is 11.1 Å². The molecule has 0 bridgehead atoms. The minimum Gasteiger partial charge on any atom is -0.325 e. The molecule has 8 heteroatoms. The van der Waals surface area contributed by atoms with Gasteiger partial charge in [0.05, 0.1) is 6.04 Å². The number of aryl methyl sites for hydroxylation is 3. The van der Waals surface area contributed by atoms with Crippen molar-refractivity contribution in [2.45, 2.75) is 50.1 Å². The zero-order chi connectivity index (χ0) is 21.3. The van der Waals surface area contributed by atoms with Crippen molar-refractivity contribution < 1.29 is 4.79 Å². The monoisotopic (exact) mass is 441 g/mol. The van der Waals surface area contributed by atoms with Crippen molar-refractivity contribution in [1.29, 1.82) is 0 Å². The summed E-state index contributed by atoms with van der Waals surface area (Å²) in [5.74, 6) is 0.786. The Balaban J connectivity index is 1.66. The first-order chi connectivity index (χ1) is 14.5. The molecule has 0 radical (unpaired) electrons. The Hall–Kier alpha value is -2.51. The summed E-state index contributed by atoms with van der Waals surface area (Å²) in [7, 11) is 0. The standard InChI is InChI=1S/C22H24ClN5OS/c1-4-5-18-25-26-22-28(18)27-19(15-7-9-16(23)10-8-15)20(30-22)21(29)24-17-11-6-13(2)14(3)12-17/h6-12,19-20,27H,4-5H2,1-3H3,(H,24,29)/t19-,20-/m1/s1. The molecule has 0 aliphatic carbocycles. The zero-order valence-electron chi connectivity index (χ0n) is 17.1. The van der Waals surface area contributed by atoms with Gasteiger partial charge in [-0.15, -0.1) is 10.2 Å². The molecule has 1 aromatic heterocycles. The van der Waals surface area contributed by atoms with E-state index in [1.165, 1.54) is 17.3 Å². The van der Waals surface area contributed by atoms with Gasteiger partial charge in [-0.2, -0.15) is 0 Å². The van der Waals surface area contributed by atoms with Crippen LogP contribution in [-0.4, -0.2) is 26.0 Å². The molecule has 30 heavy (non-hydrogen) atoms. The maximum atomic E-state index is 13.3. The van der Waals surface area contributed by atoms with Crippen molar-refractivity contribution in [2.24, 2.45) is 0 Å². The number of amides is 1. The number of aromatic nitrogens is 3. The van der Waals surface area contributed by atoms with Crippen molar-refractivity contribution in [1.82, 2.24) is 14.9 Å². The van der Waals surface area contributed by atoms with Crippen LogP contribution >= 0.6 is 23.4 Å². The van der Waals surface area contributed by atoms with Crippen LogP contribution in [0.4, 0.5) is 5.69 Å². The highest BCUT2D eigenvalue weighted by molar-refractivity contribution is 8.00. The van der Waals surface area contributed by atoms with Crippen molar-refractivity contribution in [3.63, 3.8) is 0 Å². The first-order valence-electron chi connectivity index (χ1n) is 9.97. The maximum Gasteiger partial charge on any atom is 0.240 e. The number of fused-ring (bicyclic) bond motifs is 1. The molecule has 2 atom stereocenters. The van der Waals surface area contributed by atoms with Crippen LogP contribution in [0.15, 0.2) is 47.6 Å². The number of nitrogens with one attached hydrogen (secondary N) is 2. The lowest BCUT2D eigenvalue weighted by Gasteiger charge is -2.33. The van der Waals surface area contributed by atoms with Gasteiger partial charge in [-0.25, -0.2) is 4.68 Å². The highest BCUT2D eigenvalue weighted by Crippen LogP contribution is 2.38. The summed E-state index contributed by atoms with van der Waals surface area (Å²) in [5, 5.41) is 12.6. The summed E-state index contributed by atoms with van der Waals surface area (Å²) in [5.41, 5.74) is 7.57. The van der Waals surface area contributed by atoms with Gasteiger partial charge in [0.1, 0.15) is 5.25 Å². The second-order valence-corrected chi connectivity index (χ2v) is 9.01. The van der Waals surface area contributed by atoms with Crippen LogP contribution in [0.5, 0.6) is 0 Å². The number of anilines is 1. The van der Waals surface area contributed by atoms with Crippen molar-refractivity contribution >= 4 is 35.0 Å². The second kappa shape index (κ2) is 8.70. The third-order valence-electron chi connectivity index (χ3n) is 5.24. The van der Waals surface area contributed by atoms with E-state index in [2.05, 4.69) is 34.8 Å². The number of hydrogen-bond acceptors (Lipinski definition) is 5. The second-order valence-electron chi connectivity index (χ2n) is 7.47. The summed E-state index contributed by atoms with van der Waals surface area (Å²) in [6, 6.07) is 13.3. The molecular formula is C22H24ClN5OS. The lowest BCUT2D eigenvalue weighted by atomic mass is 10.0. The van der Waals surface area contributed by atoms with E-state index in [0.717, 1.165) is 35.5 Å². The molecule has 0 unspecified atom stereocenters. The van der Waals surface area contributed by atoms with E-state index >= 15 is 0 Å². The molecular weight excluding hydrogens is 418 g/mol. The number of halogens is 1. The SMILES string of the molecule is CCCc1nnc2n1N[C@H](c1ccc(Cl)cc1)[C@H](C(=O)Nc1ccc(C)c(C)c1)S2. The molecule has 1 aliphatic heterocycles. The van der Waals surface area contributed by atoms with Crippen LogP contribution in [0, 0.1) is 13.8 Å². The number of hydrogen-bond donors (Lipinski definition) is 2.